The lowest BCUT2D eigenvalue weighted by molar-refractivity contribution is -0.375. The van der Waals surface area contributed by atoms with Gasteiger partial charge in [0.1, 0.15) is 61.0 Å². The van der Waals surface area contributed by atoms with Crippen LogP contribution in [0.3, 0.4) is 0 Å². The molecule has 14 heteroatoms. The van der Waals surface area contributed by atoms with Gasteiger partial charge in [-0.3, -0.25) is 0 Å². The van der Waals surface area contributed by atoms with E-state index in [-0.39, 0.29) is 6.61 Å². The molecule has 0 saturated carbocycles. The number of hydrogen-bond donors (Lipinski definition) is 9. The van der Waals surface area contributed by atoms with Crippen LogP contribution in [-0.4, -0.2) is 145 Å². The van der Waals surface area contributed by atoms with Gasteiger partial charge in [-0.05, 0) is 6.92 Å². The molecule has 0 spiro atoms. The van der Waals surface area contributed by atoms with Crippen molar-refractivity contribution in [1.82, 2.24) is 0 Å². The Morgan fingerprint density at radius 1 is 0.710 bits per heavy atom. The van der Waals surface area contributed by atoms with Crippen molar-refractivity contribution < 1.29 is 69.6 Å². The molecular weight excluding hydrogens is 428 g/mol. The average molecular weight is 458 g/mol. The van der Waals surface area contributed by atoms with E-state index in [0.29, 0.717) is 0 Å². The monoisotopic (exact) mass is 458 g/mol. The highest BCUT2D eigenvalue weighted by Crippen LogP contribution is 2.31. The van der Waals surface area contributed by atoms with Crippen molar-refractivity contribution in [3.63, 3.8) is 0 Å². The Bertz CT molecular complexity index is 581. The zero-order chi connectivity index (χ0) is 23.0. The van der Waals surface area contributed by atoms with Crippen LogP contribution in [0.15, 0.2) is 0 Å². The third-order valence-electron chi connectivity index (χ3n) is 5.66. The molecule has 31 heavy (non-hydrogen) atoms. The third kappa shape index (κ3) is 5.02. The summed E-state index contributed by atoms with van der Waals surface area (Å²) < 4.78 is 26.3. The van der Waals surface area contributed by atoms with Crippen LogP contribution in [0.25, 0.3) is 0 Å². The van der Waals surface area contributed by atoms with E-state index in [1.54, 1.807) is 0 Å². The molecule has 0 aromatic heterocycles. The van der Waals surface area contributed by atoms with Crippen molar-refractivity contribution in [3.05, 3.63) is 0 Å². The van der Waals surface area contributed by atoms with E-state index in [2.05, 4.69) is 0 Å². The predicted octanol–water partition coefficient (Wildman–Crippen LogP) is -5.91. The van der Waals surface area contributed by atoms with Crippen molar-refractivity contribution >= 4 is 0 Å². The van der Waals surface area contributed by atoms with Gasteiger partial charge in [0.15, 0.2) is 18.9 Å². The van der Waals surface area contributed by atoms with Gasteiger partial charge in [0.05, 0.1) is 19.3 Å². The largest absolute Gasteiger partial charge is 0.394 e. The summed E-state index contributed by atoms with van der Waals surface area (Å²) in [6.45, 7) is 0.379. The first-order valence-electron chi connectivity index (χ1n) is 9.85. The Labute approximate surface area is 176 Å². The number of hydrogen-bond acceptors (Lipinski definition) is 14. The molecule has 3 aliphatic rings. The van der Waals surface area contributed by atoms with Gasteiger partial charge in [-0.1, -0.05) is 0 Å². The highest BCUT2D eigenvalue weighted by molar-refractivity contribution is 4.94. The fraction of sp³-hybridized carbons (Fsp3) is 1.00. The molecule has 14 nitrogen and oxygen atoms in total. The van der Waals surface area contributed by atoms with Gasteiger partial charge in [0, 0.05) is 0 Å². The van der Waals surface area contributed by atoms with Crippen LogP contribution in [-0.2, 0) is 23.7 Å². The molecule has 3 rings (SSSR count). The summed E-state index contributed by atoms with van der Waals surface area (Å²) >= 11 is 0. The van der Waals surface area contributed by atoms with Gasteiger partial charge >= 0.3 is 0 Å². The molecule has 0 radical (unpaired) electrons. The second-order valence-electron chi connectivity index (χ2n) is 7.87. The summed E-state index contributed by atoms with van der Waals surface area (Å²) in [5.74, 6) is 0. The molecule has 3 unspecified atom stereocenters. The molecule has 0 aliphatic carbocycles. The molecule has 3 fully saturated rings. The first-order valence-corrected chi connectivity index (χ1v) is 9.85. The molecule has 14 atom stereocenters. The van der Waals surface area contributed by atoms with Crippen molar-refractivity contribution in [3.8, 4) is 0 Å². The summed E-state index contributed by atoms with van der Waals surface area (Å²) in [7, 11) is 0. The van der Waals surface area contributed by atoms with Crippen LogP contribution in [0.1, 0.15) is 6.92 Å². The molecule has 0 aromatic carbocycles. The van der Waals surface area contributed by atoms with Crippen LogP contribution in [0.2, 0.25) is 0 Å². The molecule has 3 aliphatic heterocycles. The van der Waals surface area contributed by atoms with Gasteiger partial charge in [-0.2, -0.15) is 0 Å². The molecular formula is C17H30O14. The minimum absolute atomic E-state index is 0.366. The van der Waals surface area contributed by atoms with Crippen LogP contribution in [0.4, 0.5) is 0 Å². The second-order valence-corrected chi connectivity index (χ2v) is 7.87. The fourth-order valence-corrected chi connectivity index (χ4v) is 3.70. The van der Waals surface area contributed by atoms with Crippen LogP contribution in [0.5, 0.6) is 0 Å². The van der Waals surface area contributed by atoms with Gasteiger partial charge in [-0.25, -0.2) is 0 Å². The van der Waals surface area contributed by atoms with Crippen molar-refractivity contribution in [2.24, 2.45) is 0 Å². The number of rotatable bonds is 5. The molecule has 3 saturated heterocycles. The van der Waals surface area contributed by atoms with Crippen molar-refractivity contribution in [2.75, 3.05) is 13.2 Å². The van der Waals surface area contributed by atoms with E-state index in [9.17, 15) is 40.9 Å². The Morgan fingerprint density at radius 3 is 2.00 bits per heavy atom. The molecule has 0 amide bonds. The fourth-order valence-electron chi connectivity index (χ4n) is 3.70. The van der Waals surface area contributed by atoms with E-state index in [0.717, 1.165) is 0 Å². The maximum Gasteiger partial charge on any atom is 0.187 e. The van der Waals surface area contributed by atoms with Crippen LogP contribution < -0.4 is 0 Å². The lowest BCUT2D eigenvalue weighted by Crippen LogP contribution is -2.65. The quantitative estimate of drug-likeness (QED) is 0.187. The van der Waals surface area contributed by atoms with Gasteiger partial charge in [0.2, 0.25) is 0 Å². The maximum atomic E-state index is 10.6. The minimum atomic E-state index is -1.78. The third-order valence-corrected chi connectivity index (χ3v) is 5.66. The molecule has 0 aromatic rings. The van der Waals surface area contributed by atoms with E-state index >= 15 is 0 Å². The summed E-state index contributed by atoms with van der Waals surface area (Å²) in [4.78, 5) is 0. The smallest absolute Gasteiger partial charge is 0.187 e. The Hall–Kier alpha value is -0.560. The van der Waals surface area contributed by atoms with Crippen molar-refractivity contribution in [1.29, 1.82) is 0 Å². The Balaban J connectivity index is 1.70. The van der Waals surface area contributed by atoms with Gasteiger partial charge in [-0.15, -0.1) is 0 Å². The predicted molar refractivity (Wildman–Crippen MR) is 93.8 cm³/mol. The second kappa shape index (κ2) is 10.1. The average Bonchev–Trinajstić information content (AvgIpc) is 2.74. The van der Waals surface area contributed by atoms with E-state index in [4.69, 9.17) is 28.8 Å². The summed E-state index contributed by atoms with van der Waals surface area (Å²) in [6, 6.07) is 0. The Kier molecular flexibility index (Phi) is 8.21. The standard InChI is InChI=1S/C17H30O14/c1-4-7(20)13(30-16-11(24)8(21)5(19)3-27-16)12(25)17(28-4)31-14-10(23)9(22)6(2-18)29-15(14)26/h4-26H,2-3H2,1H3/t4-,5+,6+,7-,8-,9-,10-,11+,12+,13+,14+,15?,16?,17?/m0/s1. The lowest BCUT2D eigenvalue weighted by atomic mass is 9.97. The van der Waals surface area contributed by atoms with E-state index in [1.807, 2.05) is 0 Å². The molecule has 182 valence electrons. The zero-order valence-corrected chi connectivity index (χ0v) is 16.6. The number of aliphatic hydroxyl groups excluding tert-OH is 9. The SMILES string of the molecule is C[C@@H]1OC(O[C@H]2C(O)O[C@H](CO)[C@H](O)[C@@H]2O)[C@H](O)[C@H](OC2OC[C@@H](O)[C@H](O)[C@H]2O)[C@H]1O. The number of aliphatic hydroxyl groups is 9. The van der Waals surface area contributed by atoms with E-state index < -0.39 is 92.6 Å². The number of ether oxygens (including phenoxy) is 5. The first-order chi connectivity index (χ1) is 14.6. The maximum absolute atomic E-state index is 10.6. The Morgan fingerprint density at radius 2 is 1.35 bits per heavy atom. The summed E-state index contributed by atoms with van der Waals surface area (Å²) in [5.41, 5.74) is 0. The minimum Gasteiger partial charge on any atom is -0.394 e. The first kappa shape index (κ1) is 25.1. The van der Waals surface area contributed by atoms with Crippen LogP contribution >= 0.6 is 0 Å². The topological polar surface area (TPSA) is 228 Å². The normalized spacial score (nSPS) is 54.0. The molecule has 3 heterocycles. The van der Waals surface area contributed by atoms with E-state index in [1.165, 1.54) is 6.92 Å². The van der Waals surface area contributed by atoms with Gasteiger partial charge in [0.25, 0.3) is 0 Å². The highest BCUT2D eigenvalue weighted by atomic mass is 16.7. The zero-order valence-electron chi connectivity index (χ0n) is 16.6. The highest BCUT2D eigenvalue weighted by Gasteiger charge is 2.51. The van der Waals surface area contributed by atoms with Crippen molar-refractivity contribution in [2.45, 2.75) is 92.9 Å². The van der Waals surface area contributed by atoms with Gasteiger partial charge < -0.3 is 69.6 Å². The summed E-state index contributed by atoms with van der Waals surface area (Å²) in [6.07, 6.45) is -21.3. The summed E-state index contributed by atoms with van der Waals surface area (Å²) in [5, 5.41) is 89.7. The molecule has 0 bridgehead atoms. The van der Waals surface area contributed by atoms with Crippen LogP contribution in [0, 0.1) is 0 Å². The lowest BCUT2D eigenvalue weighted by Gasteiger charge is -2.46. The molecule has 9 N–H and O–H groups in total.